The van der Waals surface area contributed by atoms with Gasteiger partial charge in [-0.25, -0.2) is 0 Å². The molecule has 1 aromatic heterocycles. The van der Waals surface area contributed by atoms with Crippen molar-refractivity contribution in [1.82, 2.24) is 0 Å². The predicted octanol–water partition coefficient (Wildman–Crippen LogP) is 6.95. The zero-order chi connectivity index (χ0) is 12.6. The van der Waals surface area contributed by atoms with Crippen LogP contribution in [0.2, 0.25) is 0 Å². The fourth-order valence-electron chi connectivity index (χ4n) is 1.36. The molecule has 0 aromatic carbocycles. The van der Waals surface area contributed by atoms with Gasteiger partial charge in [-0.3, -0.25) is 0 Å². The summed E-state index contributed by atoms with van der Waals surface area (Å²) in [6.45, 7) is 13.7. The van der Waals surface area contributed by atoms with Crippen molar-refractivity contribution >= 4 is 6.08 Å². The SMILES string of the molecule is C.C.CC1(C)C=Cc2occc21.CCCC.[CH2-]C.[CH3-].[Y].[Y]. The van der Waals surface area contributed by atoms with Gasteiger partial charge in [-0.15, -0.1) is 0 Å². The van der Waals surface area contributed by atoms with Gasteiger partial charge in [-0.2, -0.15) is 6.92 Å². The maximum atomic E-state index is 5.22. The number of furan rings is 1. The first-order valence-corrected chi connectivity index (χ1v) is 6.09. The first-order valence-electron chi connectivity index (χ1n) is 6.09. The summed E-state index contributed by atoms with van der Waals surface area (Å²) >= 11 is 0. The van der Waals surface area contributed by atoms with Crippen LogP contribution in [0.15, 0.2) is 22.8 Å². The second-order valence-electron chi connectivity index (χ2n) is 4.25. The number of rotatable bonds is 1. The molecule has 2 radical (unpaired) electrons. The summed E-state index contributed by atoms with van der Waals surface area (Å²) in [5, 5.41) is 0. The van der Waals surface area contributed by atoms with Crippen LogP contribution in [-0.2, 0) is 70.8 Å². The molecule has 1 heterocycles. The Hall–Kier alpha value is 1.23. The number of hydrogen-bond acceptors (Lipinski definition) is 1. The van der Waals surface area contributed by atoms with Gasteiger partial charge >= 0.3 is 0 Å². The van der Waals surface area contributed by atoms with E-state index < -0.39 is 0 Å². The van der Waals surface area contributed by atoms with Crippen LogP contribution in [-0.4, -0.2) is 0 Å². The molecule has 0 saturated heterocycles. The molecular weight excluding hydrogens is 410 g/mol. The van der Waals surface area contributed by atoms with Gasteiger partial charge in [0, 0.05) is 76.4 Å². The fraction of sp³-hybridized carbons (Fsp3) is 0.556. The molecule has 0 saturated carbocycles. The fourth-order valence-corrected chi connectivity index (χ4v) is 1.36. The van der Waals surface area contributed by atoms with E-state index >= 15 is 0 Å². The molecule has 1 aliphatic carbocycles. The number of hydrogen-bond donors (Lipinski definition) is 0. The average molecular weight is 446 g/mol. The Bertz CT molecular complexity index is 313. The third-order valence-electron chi connectivity index (χ3n) is 2.54. The second kappa shape index (κ2) is 21.2. The van der Waals surface area contributed by atoms with Gasteiger partial charge < -0.3 is 18.8 Å². The molecule has 3 heteroatoms. The van der Waals surface area contributed by atoms with E-state index in [0.717, 1.165) is 5.76 Å². The molecule has 0 bridgehead atoms. The van der Waals surface area contributed by atoms with Crippen molar-refractivity contribution in [2.24, 2.45) is 0 Å². The first kappa shape index (κ1) is 38.0. The molecule has 0 amide bonds. The van der Waals surface area contributed by atoms with Crippen LogP contribution in [0.4, 0.5) is 0 Å². The summed E-state index contributed by atoms with van der Waals surface area (Å²) in [7, 11) is 0. The van der Waals surface area contributed by atoms with E-state index in [1.54, 1.807) is 13.2 Å². The molecule has 2 rings (SSSR count). The third-order valence-corrected chi connectivity index (χ3v) is 2.54. The average Bonchev–Trinajstić information content (AvgIpc) is 2.87. The Kier molecular flexibility index (Phi) is 38.4. The van der Waals surface area contributed by atoms with Crippen LogP contribution in [0.5, 0.6) is 0 Å². The maximum Gasteiger partial charge on any atom is 0.130 e. The van der Waals surface area contributed by atoms with E-state index in [4.69, 9.17) is 4.42 Å². The molecule has 0 fully saturated rings. The van der Waals surface area contributed by atoms with Crippen molar-refractivity contribution in [3.8, 4) is 0 Å². The van der Waals surface area contributed by atoms with Crippen LogP contribution >= 0.6 is 0 Å². The third kappa shape index (κ3) is 13.4. The van der Waals surface area contributed by atoms with Crippen LogP contribution < -0.4 is 0 Å². The van der Waals surface area contributed by atoms with Crippen LogP contribution in [0.1, 0.15) is 73.6 Å². The number of fused-ring (bicyclic) bond motifs is 1. The monoisotopic (exact) mass is 446 g/mol. The zero-order valence-corrected chi connectivity index (χ0v) is 19.2. The van der Waals surface area contributed by atoms with Crippen molar-refractivity contribution in [2.75, 3.05) is 0 Å². The summed E-state index contributed by atoms with van der Waals surface area (Å²) < 4.78 is 5.22. The standard InChI is InChI=1S/C9H10O.C4H10.C2H5.2CH4.CH3.2Y/c1-9(2)5-3-8-7(9)4-6-10-8;1-3-4-2;1-2;;;;;/h3-6H,1-2H3;3-4H2,1-2H3;1H2,2H3;2*1H4;1H3;;/q;;-1;;;-1;;. The van der Waals surface area contributed by atoms with Gasteiger partial charge in [-0.1, -0.05) is 61.5 Å². The largest absolute Gasteiger partial charge is 0.465 e. The van der Waals surface area contributed by atoms with Crippen LogP contribution in [0, 0.1) is 14.4 Å². The quantitative estimate of drug-likeness (QED) is 0.426. The van der Waals surface area contributed by atoms with E-state index in [9.17, 15) is 0 Å². The Balaban J connectivity index is -0.0000000461. The molecule has 0 aliphatic heterocycles. The van der Waals surface area contributed by atoms with E-state index in [0.29, 0.717) is 0 Å². The summed E-state index contributed by atoms with van der Waals surface area (Å²) in [5.74, 6) is 1.02. The zero-order valence-electron chi connectivity index (χ0n) is 13.5. The minimum Gasteiger partial charge on any atom is -0.465 e. The molecule has 1 aliphatic rings. The minimum atomic E-state index is 0. The van der Waals surface area contributed by atoms with E-state index in [1.165, 1.54) is 18.4 Å². The van der Waals surface area contributed by atoms with Gasteiger partial charge in [0.1, 0.15) is 5.76 Å². The molecule has 21 heavy (non-hydrogen) atoms. The predicted molar refractivity (Wildman–Crippen MR) is 92.3 cm³/mol. The summed E-state index contributed by atoms with van der Waals surface area (Å²) in [5.41, 5.74) is 1.48. The molecule has 0 atom stereocenters. The first-order chi connectivity index (χ1) is 7.61. The Morgan fingerprint density at radius 3 is 1.81 bits per heavy atom. The van der Waals surface area contributed by atoms with Gasteiger partial charge in [0.2, 0.25) is 0 Å². The van der Waals surface area contributed by atoms with Crippen molar-refractivity contribution in [3.63, 3.8) is 0 Å². The Labute approximate surface area is 185 Å². The topological polar surface area (TPSA) is 13.1 Å². The van der Waals surface area contributed by atoms with E-state index in [-0.39, 0.29) is 93.1 Å². The van der Waals surface area contributed by atoms with Crippen molar-refractivity contribution in [2.45, 2.75) is 67.7 Å². The van der Waals surface area contributed by atoms with Crippen molar-refractivity contribution in [3.05, 3.63) is 44.1 Å². The molecule has 1 aromatic rings. The Morgan fingerprint density at radius 1 is 1.05 bits per heavy atom. The molecule has 0 spiro atoms. The van der Waals surface area contributed by atoms with Gasteiger partial charge in [0.15, 0.2) is 0 Å². The van der Waals surface area contributed by atoms with Gasteiger partial charge in [0.05, 0.1) is 6.26 Å². The van der Waals surface area contributed by atoms with Crippen molar-refractivity contribution < 1.29 is 69.8 Å². The summed E-state index contributed by atoms with van der Waals surface area (Å²) in [6.07, 6.45) is 8.59. The summed E-state index contributed by atoms with van der Waals surface area (Å²) in [6, 6.07) is 2.04. The smallest absolute Gasteiger partial charge is 0.130 e. The van der Waals surface area contributed by atoms with E-state index in [2.05, 4.69) is 40.7 Å². The van der Waals surface area contributed by atoms with E-state index in [1.807, 2.05) is 12.1 Å². The normalized spacial score (nSPS) is 11.0. The molecule has 0 N–H and O–H groups in total. The van der Waals surface area contributed by atoms with Crippen LogP contribution in [0.3, 0.4) is 0 Å². The number of allylic oxidation sites excluding steroid dienone is 1. The Morgan fingerprint density at radius 2 is 1.48 bits per heavy atom. The van der Waals surface area contributed by atoms with Gasteiger partial charge in [-0.05, 0) is 12.1 Å². The maximum absolute atomic E-state index is 5.22. The van der Waals surface area contributed by atoms with Crippen molar-refractivity contribution in [1.29, 1.82) is 0 Å². The summed E-state index contributed by atoms with van der Waals surface area (Å²) in [4.78, 5) is 0. The molecular formula is C18H36OY2-2. The van der Waals surface area contributed by atoms with Gasteiger partial charge in [0.25, 0.3) is 0 Å². The van der Waals surface area contributed by atoms with Crippen LogP contribution in [0.25, 0.3) is 6.08 Å². The molecule has 0 unspecified atom stereocenters. The molecule has 122 valence electrons. The number of unbranched alkanes of at least 4 members (excludes halogenated alkanes) is 1. The molecule has 1 nitrogen and oxygen atoms in total. The second-order valence-corrected chi connectivity index (χ2v) is 4.25. The minimum absolute atomic E-state index is 0.